The first-order chi connectivity index (χ1) is 9.43. The van der Waals surface area contributed by atoms with E-state index >= 15 is 0 Å². The molecule has 21 heavy (non-hydrogen) atoms. The first-order valence-electron chi connectivity index (χ1n) is 7.40. The standard InChI is InChI=1S/C16H30O4Si/c1-14(2,3)21(7,8)20-13-9-10-16(11-17,15(13,4)5)19-12-18-6/h9-11,13H,12H2,1-8H3/t13-,16-/m0/s1. The fourth-order valence-electron chi connectivity index (χ4n) is 2.20. The summed E-state index contributed by atoms with van der Waals surface area (Å²) in [5.41, 5.74) is -1.46. The number of carbonyl (C=O) groups is 1. The highest BCUT2D eigenvalue weighted by Crippen LogP contribution is 2.47. The summed E-state index contributed by atoms with van der Waals surface area (Å²) in [5.74, 6) is 0. The van der Waals surface area contributed by atoms with Crippen LogP contribution in [0.1, 0.15) is 34.6 Å². The van der Waals surface area contributed by atoms with E-state index in [1.54, 1.807) is 7.11 Å². The van der Waals surface area contributed by atoms with Gasteiger partial charge in [-0.15, -0.1) is 0 Å². The first-order valence-corrected chi connectivity index (χ1v) is 10.3. The van der Waals surface area contributed by atoms with E-state index < -0.39 is 19.3 Å². The molecule has 0 aromatic heterocycles. The highest BCUT2D eigenvalue weighted by molar-refractivity contribution is 6.74. The molecular formula is C16H30O4Si. The lowest BCUT2D eigenvalue weighted by Crippen LogP contribution is -2.53. The maximum atomic E-state index is 11.7. The van der Waals surface area contributed by atoms with Crippen LogP contribution in [0.3, 0.4) is 0 Å². The molecule has 1 aliphatic rings. The Morgan fingerprint density at radius 3 is 2.29 bits per heavy atom. The lowest BCUT2D eigenvalue weighted by atomic mass is 9.76. The van der Waals surface area contributed by atoms with Gasteiger partial charge in [0.2, 0.25) is 0 Å². The van der Waals surface area contributed by atoms with Crippen LogP contribution in [0.15, 0.2) is 12.2 Å². The minimum atomic E-state index is -1.92. The van der Waals surface area contributed by atoms with Crippen LogP contribution in [0.25, 0.3) is 0 Å². The largest absolute Gasteiger partial charge is 0.410 e. The Balaban J connectivity index is 3.00. The quantitative estimate of drug-likeness (QED) is 0.326. The average Bonchev–Trinajstić information content (AvgIpc) is 2.58. The molecule has 2 atom stereocenters. The number of hydrogen-bond donors (Lipinski definition) is 0. The Morgan fingerprint density at radius 2 is 1.86 bits per heavy atom. The van der Waals surface area contributed by atoms with Crippen molar-refractivity contribution in [3.63, 3.8) is 0 Å². The third-order valence-corrected chi connectivity index (χ3v) is 9.51. The summed E-state index contributed by atoms with van der Waals surface area (Å²) in [4.78, 5) is 11.7. The van der Waals surface area contributed by atoms with E-state index in [0.717, 1.165) is 6.29 Å². The van der Waals surface area contributed by atoms with Gasteiger partial charge in [0.1, 0.15) is 6.79 Å². The predicted molar refractivity (Wildman–Crippen MR) is 86.7 cm³/mol. The Morgan fingerprint density at radius 1 is 1.29 bits per heavy atom. The summed E-state index contributed by atoms with van der Waals surface area (Å²) >= 11 is 0. The van der Waals surface area contributed by atoms with E-state index in [1.165, 1.54) is 0 Å². The molecule has 4 nitrogen and oxygen atoms in total. The number of ether oxygens (including phenoxy) is 2. The Labute approximate surface area is 130 Å². The van der Waals surface area contributed by atoms with E-state index in [9.17, 15) is 4.79 Å². The van der Waals surface area contributed by atoms with Gasteiger partial charge in [0.05, 0.1) is 6.10 Å². The molecule has 0 saturated carbocycles. The van der Waals surface area contributed by atoms with Crippen molar-refractivity contribution in [2.45, 2.75) is 64.5 Å². The minimum Gasteiger partial charge on any atom is -0.410 e. The number of aldehydes is 1. The highest BCUT2D eigenvalue weighted by Gasteiger charge is 2.55. The van der Waals surface area contributed by atoms with Crippen molar-refractivity contribution in [1.29, 1.82) is 0 Å². The highest BCUT2D eigenvalue weighted by atomic mass is 28.4. The molecule has 0 unspecified atom stereocenters. The molecule has 0 fully saturated rings. The lowest BCUT2D eigenvalue weighted by Gasteiger charge is -2.45. The molecule has 0 spiro atoms. The summed E-state index contributed by atoms with van der Waals surface area (Å²) in [6.07, 6.45) is 4.50. The third kappa shape index (κ3) is 3.31. The van der Waals surface area contributed by atoms with Crippen molar-refractivity contribution in [2.24, 2.45) is 5.41 Å². The summed E-state index contributed by atoms with van der Waals surface area (Å²) in [7, 11) is -0.370. The molecule has 0 heterocycles. The topological polar surface area (TPSA) is 44.8 Å². The van der Waals surface area contributed by atoms with Crippen LogP contribution in [-0.4, -0.2) is 40.2 Å². The molecule has 0 aromatic carbocycles. The fraction of sp³-hybridized carbons (Fsp3) is 0.812. The molecule has 0 aliphatic heterocycles. The third-order valence-electron chi connectivity index (χ3n) is 5.06. The van der Waals surface area contributed by atoms with E-state index in [1.807, 2.05) is 26.0 Å². The maximum absolute atomic E-state index is 11.7. The zero-order chi connectivity index (χ0) is 16.5. The Bertz CT molecular complexity index is 409. The second-order valence-electron chi connectivity index (χ2n) is 7.84. The molecule has 0 N–H and O–H groups in total. The van der Waals surface area contributed by atoms with E-state index in [0.29, 0.717) is 0 Å². The van der Waals surface area contributed by atoms with E-state index in [4.69, 9.17) is 13.9 Å². The number of methoxy groups -OCH3 is 1. The van der Waals surface area contributed by atoms with Gasteiger partial charge in [-0.25, -0.2) is 0 Å². The van der Waals surface area contributed by atoms with Gasteiger partial charge >= 0.3 is 0 Å². The minimum absolute atomic E-state index is 0.0827. The second-order valence-corrected chi connectivity index (χ2v) is 12.6. The van der Waals surface area contributed by atoms with Crippen molar-refractivity contribution in [1.82, 2.24) is 0 Å². The van der Waals surface area contributed by atoms with Crippen LogP contribution in [-0.2, 0) is 18.7 Å². The van der Waals surface area contributed by atoms with Crippen LogP contribution >= 0.6 is 0 Å². The van der Waals surface area contributed by atoms with Crippen molar-refractivity contribution in [3.8, 4) is 0 Å². The Kier molecular flexibility index (Phi) is 5.26. The molecule has 1 aliphatic carbocycles. The number of hydrogen-bond acceptors (Lipinski definition) is 4. The van der Waals surface area contributed by atoms with Crippen LogP contribution < -0.4 is 0 Å². The average molecular weight is 314 g/mol. The van der Waals surface area contributed by atoms with Crippen LogP contribution in [0.4, 0.5) is 0 Å². The zero-order valence-electron chi connectivity index (χ0n) is 14.6. The molecule has 0 saturated heterocycles. The van der Waals surface area contributed by atoms with Crippen molar-refractivity contribution < 1.29 is 18.7 Å². The SMILES string of the molecule is COCO[C@]1(C=O)C=C[C@H](O[Si](C)(C)C(C)(C)C)C1(C)C. The predicted octanol–water partition coefficient (Wildman–Crippen LogP) is 3.53. The molecule has 5 heteroatoms. The molecule has 122 valence electrons. The maximum Gasteiger partial charge on any atom is 0.192 e. The first kappa shape index (κ1) is 18.6. The molecule has 0 aromatic rings. The van der Waals surface area contributed by atoms with Crippen LogP contribution in [0.5, 0.6) is 0 Å². The second kappa shape index (κ2) is 5.95. The van der Waals surface area contributed by atoms with Crippen LogP contribution in [0.2, 0.25) is 18.1 Å². The van der Waals surface area contributed by atoms with E-state index in [2.05, 4.69) is 33.9 Å². The summed E-state index contributed by atoms with van der Waals surface area (Å²) in [6, 6.07) is 0. The van der Waals surface area contributed by atoms with Gasteiger partial charge in [-0.1, -0.05) is 40.7 Å². The van der Waals surface area contributed by atoms with Gasteiger partial charge in [-0.3, -0.25) is 4.79 Å². The van der Waals surface area contributed by atoms with Crippen LogP contribution in [0, 0.1) is 5.41 Å². The van der Waals surface area contributed by atoms with Crippen molar-refractivity contribution >= 4 is 14.6 Å². The summed E-state index contributed by atoms with van der Waals surface area (Å²) in [5, 5.41) is 0.122. The van der Waals surface area contributed by atoms with Gasteiger partial charge in [0.25, 0.3) is 0 Å². The Hall–Kier alpha value is -0.493. The van der Waals surface area contributed by atoms with Crippen molar-refractivity contribution in [3.05, 3.63) is 12.2 Å². The monoisotopic (exact) mass is 314 g/mol. The van der Waals surface area contributed by atoms with Crippen molar-refractivity contribution in [2.75, 3.05) is 13.9 Å². The van der Waals surface area contributed by atoms with Gasteiger partial charge in [0, 0.05) is 12.5 Å². The van der Waals surface area contributed by atoms with Gasteiger partial charge < -0.3 is 13.9 Å². The fourth-order valence-corrected chi connectivity index (χ4v) is 3.57. The molecule has 0 radical (unpaired) electrons. The molecular weight excluding hydrogens is 284 g/mol. The van der Waals surface area contributed by atoms with Gasteiger partial charge in [-0.2, -0.15) is 0 Å². The summed E-state index contributed by atoms with van der Waals surface area (Å²) < 4.78 is 17.1. The smallest absolute Gasteiger partial charge is 0.192 e. The summed E-state index contributed by atoms with van der Waals surface area (Å²) in [6.45, 7) is 15.2. The normalized spacial score (nSPS) is 28.9. The molecule has 1 rings (SSSR count). The van der Waals surface area contributed by atoms with Gasteiger partial charge in [0.15, 0.2) is 20.2 Å². The lowest BCUT2D eigenvalue weighted by molar-refractivity contribution is -0.168. The molecule has 0 amide bonds. The number of rotatable bonds is 6. The zero-order valence-corrected chi connectivity index (χ0v) is 15.6. The van der Waals surface area contributed by atoms with E-state index in [-0.39, 0.29) is 17.9 Å². The molecule has 0 bridgehead atoms. The van der Waals surface area contributed by atoms with Gasteiger partial charge in [-0.05, 0) is 24.2 Å². The number of carbonyl (C=O) groups excluding carboxylic acids is 1.